The Bertz CT molecular complexity index is 1040. The van der Waals surface area contributed by atoms with E-state index < -0.39 is 11.5 Å². The van der Waals surface area contributed by atoms with Crippen LogP contribution in [-0.4, -0.2) is 46.8 Å². The zero-order valence-corrected chi connectivity index (χ0v) is 15.7. The summed E-state index contributed by atoms with van der Waals surface area (Å²) in [6.45, 7) is 4.70. The first-order valence-electron chi connectivity index (χ1n) is 8.78. The Labute approximate surface area is 159 Å². The number of aryl methyl sites for hydroxylation is 1. The van der Waals surface area contributed by atoms with Crippen molar-refractivity contribution in [1.82, 2.24) is 14.6 Å². The van der Waals surface area contributed by atoms with E-state index >= 15 is 0 Å². The Balaban J connectivity index is 1.65. The van der Waals surface area contributed by atoms with Crippen LogP contribution < -0.4 is 15.8 Å². The van der Waals surface area contributed by atoms with Gasteiger partial charge in [-0.05, 0) is 18.1 Å². The molecule has 1 aliphatic rings. The van der Waals surface area contributed by atoms with E-state index in [4.69, 9.17) is 4.74 Å². The van der Waals surface area contributed by atoms with Crippen molar-refractivity contribution >= 4 is 33.0 Å². The van der Waals surface area contributed by atoms with Gasteiger partial charge in [0.1, 0.15) is 5.56 Å². The quantitative estimate of drug-likeness (QED) is 0.737. The minimum atomic E-state index is -0.483. The van der Waals surface area contributed by atoms with E-state index in [-0.39, 0.29) is 5.56 Å². The maximum Gasteiger partial charge on any atom is 0.288 e. The van der Waals surface area contributed by atoms with Gasteiger partial charge in [0.25, 0.3) is 11.5 Å². The lowest BCUT2D eigenvalue weighted by Crippen LogP contribution is -2.36. The number of hydrogen-bond acceptors (Lipinski definition) is 7. The molecule has 1 aliphatic heterocycles. The third-order valence-electron chi connectivity index (χ3n) is 4.45. The molecule has 0 saturated carbocycles. The Morgan fingerprint density at radius 3 is 2.85 bits per heavy atom. The summed E-state index contributed by atoms with van der Waals surface area (Å²) in [5.74, 6) is -0.483. The van der Waals surface area contributed by atoms with E-state index in [1.165, 1.54) is 22.0 Å². The van der Waals surface area contributed by atoms with Crippen molar-refractivity contribution in [3.8, 4) is 0 Å². The minimum absolute atomic E-state index is 0.0303. The molecule has 0 spiro atoms. The number of benzene rings is 1. The van der Waals surface area contributed by atoms with E-state index in [1.807, 2.05) is 31.2 Å². The lowest BCUT2D eigenvalue weighted by molar-refractivity contribution is 0.102. The van der Waals surface area contributed by atoms with Gasteiger partial charge < -0.3 is 15.0 Å². The molecule has 27 heavy (non-hydrogen) atoms. The molecule has 0 atom stereocenters. The fourth-order valence-electron chi connectivity index (χ4n) is 2.95. The highest BCUT2D eigenvalue weighted by Gasteiger charge is 2.20. The van der Waals surface area contributed by atoms with Gasteiger partial charge in [0.15, 0.2) is 0 Å². The predicted molar refractivity (Wildman–Crippen MR) is 104 cm³/mol. The number of hydrogen-bond donors (Lipinski definition) is 1. The smallest absolute Gasteiger partial charge is 0.288 e. The van der Waals surface area contributed by atoms with Gasteiger partial charge in [0, 0.05) is 25.0 Å². The van der Waals surface area contributed by atoms with Crippen LogP contribution in [-0.2, 0) is 11.2 Å². The van der Waals surface area contributed by atoms with E-state index in [0.29, 0.717) is 29.0 Å². The van der Waals surface area contributed by atoms with E-state index in [1.54, 1.807) is 0 Å². The lowest BCUT2D eigenvalue weighted by atomic mass is 10.1. The van der Waals surface area contributed by atoms with Crippen molar-refractivity contribution < 1.29 is 9.53 Å². The molecule has 9 heteroatoms. The van der Waals surface area contributed by atoms with E-state index in [0.717, 1.165) is 25.1 Å². The van der Waals surface area contributed by atoms with Gasteiger partial charge >= 0.3 is 0 Å². The molecule has 3 heterocycles. The Morgan fingerprint density at radius 2 is 2.07 bits per heavy atom. The third kappa shape index (κ3) is 3.43. The summed E-state index contributed by atoms with van der Waals surface area (Å²) in [4.78, 5) is 32.2. The second kappa shape index (κ2) is 7.45. The molecular weight excluding hydrogens is 366 g/mol. The Morgan fingerprint density at radius 1 is 1.30 bits per heavy atom. The van der Waals surface area contributed by atoms with Crippen LogP contribution in [0.25, 0.3) is 4.96 Å². The number of anilines is 2. The van der Waals surface area contributed by atoms with Crippen LogP contribution in [0.5, 0.6) is 0 Å². The highest BCUT2D eigenvalue weighted by atomic mass is 32.1. The molecule has 1 N–H and O–H groups in total. The largest absolute Gasteiger partial charge is 0.378 e. The van der Waals surface area contributed by atoms with Crippen LogP contribution in [0.1, 0.15) is 22.8 Å². The van der Waals surface area contributed by atoms with Gasteiger partial charge in [-0.1, -0.05) is 36.5 Å². The molecule has 8 nitrogen and oxygen atoms in total. The standard InChI is InChI=1S/C18H19N5O3S/c1-2-12-5-3-4-6-14(12)20-15(24)13-11-19-17-23(16(13)25)21-18(27-17)22-7-9-26-10-8-22/h3-6,11H,2,7-10H2,1H3,(H,20,24). The van der Waals surface area contributed by atoms with Crippen LogP contribution in [0.3, 0.4) is 0 Å². The molecule has 1 fully saturated rings. The number of rotatable bonds is 4. The first kappa shape index (κ1) is 17.6. The Hall–Kier alpha value is -2.78. The number of nitrogens with one attached hydrogen (secondary N) is 1. The van der Waals surface area contributed by atoms with Crippen LogP contribution in [0, 0.1) is 0 Å². The topological polar surface area (TPSA) is 88.8 Å². The average Bonchev–Trinajstić information content (AvgIpc) is 3.14. The number of fused-ring (bicyclic) bond motifs is 1. The molecule has 2 aromatic heterocycles. The number of para-hydroxylation sites is 1. The maximum atomic E-state index is 12.8. The summed E-state index contributed by atoms with van der Waals surface area (Å²) in [7, 11) is 0. The normalized spacial score (nSPS) is 14.5. The Kier molecular flexibility index (Phi) is 4.87. The number of ether oxygens (including phenoxy) is 1. The fraction of sp³-hybridized carbons (Fsp3) is 0.333. The fourth-order valence-corrected chi connectivity index (χ4v) is 3.87. The highest BCUT2D eigenvalue weighted by molar-refractivity contribution is 7.20. The number of carbonyl (C=O) groups excluding carboxylic acids is 1. The zero-order valence-electron chi connectivity index (χ0n) is 14.8. The summed E-state index contributed by atoms with van der Waals surface area (Å²) >= 11 is 1.33. The summed E-state index contributed by atoms with van der Waals surface area (Å²) in [5, 5.41) is 7.89. The molecular formula is C18H19N5O3S. The second-order valence-corrected chi connectivity index (χ2v) is 7.05. The van der Waals surface area contributed by atoms with Crippen LogP contribution in [0.4, 0.5) is 10.8 Å². The molecule has 0 radical (unpaired) electrons. The number of aromatic nitrogens is 3. The SMILES string of the molecule is CCc1ccccc1NC(=O)c1cnc2sc(N3CCOCC3)nn2c1=O. The van der Waals surface area contributed by atoms with E-state index in [2.05, 4.69) is 20.3 Å². The van der Waals surface area contributed by atoms with Gasteiger partial charge in [-0.25, -0.2) is 4.98 Å². The number of carbonyl (C=O) groups is 1. The maximum absolute atomic E-state index is 12.8. The van der Waals surface area contributed by atoms with Crippen molar-refractivity contribution in [2.24, 2.45) is 0 Å². The lowest BCUT2D eigenvalue weighted by Gasteiger charge is -2.25. The van der Waals surface area contributed by atoms with Crippen LogP contribution in [0.2, 0.25) is 0 Å². The van der Waals surface area contributed by atoms with Crippen molar-refractivity contribution in [3.63, 3.8) is 0 Å². The molecule has 140 valence electrons. The third-order valence-corrected chi connectivity index (χ3v) is 5.43. The number of morpholine rings is 1. The van der Waals surface area contributed by atoms with Crippen LogP contribution in [0.15, 0.2) is 35.3 Å². The molecule has 1 amide bonds. The molecule has 1 saturated heterocycles. The minimum Gasteiger partial charge on any atom is -0.378 e. The van der Waals surface area contributed by atoms with Gasteiger partial charge in [-0.2, -0.15) is 4.52 Å². The molecule has 1 aromatic carbocycles. The first-order valence-corrected chi connectivity index (χ1v) is 9.60. The molecule has 4 rings (SSSR count). The monoisotopic (exact) mass is 385 g/mol. The first-order chi connectivity index (χ1) is 13.2. The molecule has 0 aliphatic carbocycles. The summed E-state index contributed by atoms with van der Waals surface area (Å²) < 4.78 is 6.55. The second-order valence-electron chi connectivity index (χ2n) is 6.12. The average molecular weight is 385 g/mol. The van der Waals surface area contributed by atoms with Gasteiger partial charge in [-0.3, -0.25) is 9.59 Å². The van der Waals surface area contributed by atoms with E-state index in [9.17, 15) is 9.59 Å². The molecule has 3 aromatic rings. The van der Waals surface area contributed by atoms with Crippen molar-refractivity contribution in [3.05, 3.63) is 51.9 Å². The highest BCUT2D eigenvalue weighted by Crippen LogP contribution is 2.22. The number of nitrogens with zero attached hydrogens (tertiary/aromatic N) is 4. The number of amides is 1. The summed E-state index contributed by atoms with van der Waals surface area (Å²) in [6, 6.07) is 7.52. The zero-order chi connectivity index (χ0) is 18.8. The van der Waals surface area contributed by atoms with Crippen molar-refractivity contribution in [2.45, 2.75) is 13.3 Å². The van der Waals surface area contributed by atoms with Crippen molar-refractivity contribution in [1.29, 1.82) is 0 Å². The molecule has 0 bridgehead atoms. The summed E-state index contributed by atoms with van der Waals surface area (Å²) in [5.41, 5.74) is 1.20. The van der Waals surface area contributed by atoms with Gasteiger partial charge in [0.05, 0.1) is 13.2 Å². The van der Waals surface area contributed by atoms with Gasteiger partial charge in [0.2, 0.25) is 10.1 Å². The van der Waals surface area contributed by atoms with Crippen LogP contribution >= 0.6 is 11.3 Å². The predicted octanol–water partition coefficient (Wildman–Crippen LogP) is 1.80. The molecule has 0 unspecified atom stereocenters. The van der Waals surface area contributed by atoms with Crippen molar-refractivity contribution in [2.75, 3.05) is 36.5 Å². The summed E-state index contributed by atoms with van der Waals surface area (Å²) in [6.07, 6.45) is 2.10. The van der Waals surface area contributed by atoms with Gasteiger partial charge in [-0.15, -0.1) is 5.10 Å².